The second kappa shape index (κ2) is 6.95. The van der Waals surface area contributed by atoms with Gasteiger partial charge in [-0.05, 0) is 26.1 Å². The first-order valence-electron chi connectivity index (χ1n) is 5.38. The molecule has 0 aliphatic carbocycles. The summed E-state index contributed by atoms with van der Waals surface area (Å²) in [4.78, 5) is 21.8. The van der Waals surface area contributed by atoms with Gasteiger partial charge in [0.2, 0.25) is 0 Å². The van der Waals surface area contributed by atoms with Gasteiger partial charge in [0, 0.05) is 18.8 Å². The molecule has 1 rings (SSSR count). The maximum Gasteiger partial charge on any atom is 0.327 e. The minimum Gasteiger partial charge on any atom is -0.356 e. The first-order valence-corrected chi connectivity index (χ1v) is 5.38. The molecule has 0 atom stereocenters. The topological polar surface area (TPSA) is 80.5 Å². The number of nitrogens with zero attached hydrogens (tertiary/aromatic N) is 2. The molecule has 0 bridgehead atoms. The Morgan fingerprint density at radius 3 is 3.00 bits per heavy atom. The standard InChI is InChI=1S/C11H18N4O2/c1-9-4-3-5-10(13-9)8-15(2)7-6-11(16)17-14-12/h3-5,14H,6-8,12H2,1-2H3. The van der Waals surface area contributed by atoms with E-state index in [2.05, 4.69) is 9.82 Å². The molecule has 0 radical (unpaired) electrons. The SMILES string of the molecule is Cc1cccc(CN(C)CCC(=O)ONN)n1. The summed E-state index contributed by atoms with van der Waals surface area (Å²) in [6.45, 7) is 3.24. The highest BCUT2D eigenvalue weighted by atomic mass is 16.7. The van der Waals surface area contributed by atoms with Gasteiger partial charge in [-0.3, -0.25) is 14.7 Å². The molecule has 0 spiro atoms. The quantitative estimate of drug-likeness (QED) is 0.542. The monoisotopic (exact) mass is 238 g/mol. The summed E-state index contributed by atoms with van der Waals surface area (Å²) in [5.74, 6) is 4.48. The lowest BCUT2D eigenvalue weighted by Crippen LogP contribution is -2.29. The highest BCUT2D eigenvalue weighted by Gasteiger charge is 2.06. The number of carbonyl (C=O) groups is 1. The highest BCUT2D eigenvalue weighted by Crippen LogP contribution is 2.02. The van der Waals surface area contributed by atoms with Crippen molar-refractivity contribution in [3.8, 4) is 0 Å². The Balaban J connectivity index is 2.34. The summed E-state index contributed by atoms with van der Waals surface area (Å²) in [7, 11) is 1.92. The molecule has 0 aliphatic heterocycles. The molecule has 17 heavy (non-hydrogen) atoms. The number of nitrogens with two attached hydrogens (primary N) is 1. The Morgan fingerprint density at radius 2 is 2.35 bits per heavy atom. The molecule has 6 nitrogen and oxygen atoms in total. The number of hydrogen-bond acceptors (Lipinski definition) is 6. The molecule has 1 heterocycles. The third-order valence-corrected chi connectivity index (χ3v) is 2.25. The van der Waals surface area contributed by atoms with E-state index in [-0.39, 0.29) is 12.4 Å². The van der Waals surface area contributed by atoms with Crippen LogP contribution < -0.4 is 11.4 Å². The van der Waals surface area contributed by atoms with Gasteiger partial charge in [0.1, 0.15) is 0 Å². The Morgan fingerprint density at radius 1 is 1.59 bits per heavy atom. The Bertz CT molecular complexity index is 370. The fraction of sp³-hybridized carbons (Fsp3) is 0.455. The average molecular weight is 238 g/mol. The van der Waals surface area contributed by atoms with Gasteiger partial charge in [0.15, 0.2) is 0 Å². The van der Waals surface area contributed by atoms with E-state index in [1.807, 2.05) is 42.7 Å². The first kappa shape index (κ1) is 13.6. The van der Waals surface area contributed by atoms with Gasteiger partial charge >= 0.3 is 5.97 Å². The third-order valence-electron chi connectivity index (χ3n) is 2.25. The molecule has 3 N–H and O–H groups in total. The third kappa shape index (κ3) is 5.39. The fourth-order valence-electron chi connectivity index (χ4n) is 1.44. The van der Waals surface area contributed by atoms with E-state index in [1.54, 1.807) is 0 Å². The van der Waals surface area contributed by atoms with Crippen molar-refractivity contribution < 1.29 is 9.63 Å². The number of aromatic nitrogens is 1. The van der Waals surface area contributed by atoms with Gasteiger partial charge in [0.25, 0.3) is 0 Å². The Kier molecular flexibility index (Phi) is 5.55. The van der Waals surface area contributed by atoms with Crippen LogP contribution in [0.1, 0.15) is 17.8 Å². The van der Waals surface area contributed by atoms with E-state index in [0.29, 0.717) is 13.1 Å². The molecular formula is C11H18N4O2. The lowest BCUT2D eigenvalue weighted by Gasteiger charge is -2.15. The van der Waals surface area contributed by atoms with Gasteiger partial charge in [-0.25, -0.2) is 5.84 Å². The normalized spacial score (nSPS) is 10.6. The maximum absolute atomic E-state index is 11.0. The van der Waals surface area contributed by atoms with Crippen molar-refractivity contribution >= 4 is 5.97 Å². The number of rotatable bonds is 6. The first-order chi connectivity index (χ1) is 8.11. The summed E-state index contributed by atoms with van der Waals surface area (Å²) in [6, 6.07) is 5.88. The van der Waals surface area contributed by atoms with Crippen molar-refractivity contribution in [3.63, 3.8) is 0 Å². The average Bonchev–Trinajstić information content (AvgIpc) is 2.27. The van der Waals surface area contributed by atoms with Crippen LogP contribution in [0.5, 0.6) is 0 Å². The summed E-state index contributed by atoms with van der Waals surface area (Å²) < 4.78 is 0. The smallest absolute Gasteiger partial charge is 0.327 e. The van der Waals surface area contributed by atoms with E-state index in [4.69, 9.17) is 5.84 Å². The van der Waals surface area contributed by atoms with Crippen molar-refractivity contribution in [1.29, 1.82) is 0 Å². The number of pyridine rings is 1. The molecule has 1 aromatic rings. The second-order valence-corrected chi connectivity index (χ2v) is 3.85. The molecule has 0 fully saturated rings. The molecule has 0 aliphatic rings. The number of nitrogens with one attached hydrogen (secondary N) is 1. The molecule has 0 saturated heterocycles. The summed E-state index contributed by atoms with van der Waals surface area (Å²) in [6.07, 6.45) is 0.284. The van der Waals surface area contributed by atoms with Gasteiger partial charge in [-0.2, -0.15) is 0 Å². The van der Waals surface area contributed by atoms with Crippen LogP contribution in [0.25, 0.3) is 0 Å². The molecule has 0 amide bonds. The van der Waals surface area contributed by atoms with Gasteiger partial charge in [-0.15, -0.1) is 0 Å². The van der Waals surface area contributed by atoms with Crippen molar-refractivity contribution in [2.75, 3.05) is 13.6 Å². The minimum absolute atomic E-state index is 0.284. The van der Waals surface area contributed by atoms with Crippen LogP contribution in [0.3, 0.4) is 0 Å². The van der Waals surface area contributed by atoms with Crippen molar-refractivity contribution in [3.05, 3.63) is 29.6 Å². The van der Waals surface area contributed by atoms with Crippen LogP contribution >= 0.6 is 0 Å². The molecule has 0 saturated carbocycles. The van der Waals surface area contributed by atoms with Crippen LogP contribution in [-0.4, -0.2) is 29.4 Å². The van der Waals surface area contributed by atoms with Crippen LogP contribution in [0.4, 0.5) is 0 Å². The second-order valence-electron chi connectivity index (χ2n) is 3.85. The number of hydrazine groups is 1. The van der Waals surface area contributed by atoms with Gasteiger partial charge in [-0.1, -0.05) is 11.7 Å². The Hall–Kier alpha value is -1.50. The molecule has 1 aromatic heterocycles. The number of carbonyl (C=O) groups excluding carboxylic acids is 1. The predicted octanol–water partition coefficient (Wildman–Crippen LogP) is 0.133. The molecule has 6 heteroatoms. The maximum atomic E-state index is 11.0. The zero-order valence-electron chi connectivity index (χ0n) is 10.1. The molecule has 0 aromatic carbocycles. The van der Waals surface area contributed by atoms with Gasteiger partial charge in [0.05, 0.1) is 12.1 Å². The van der Waals surface area contributed by atoms with Crippen LogP contribution in [-0.2, 0) is 16.2 Å². The van der Waals surface area contributed by atoms with E-state index in [0.717, 1.165) is 11.4 Å². The lowest BCUT2D eigenvalue weighted by molar-refractivity contribution is -0.151. The largest absolute Gasteiger partial charge is 0.356 e. The highest BCUT2D eigenvalue weighted by molar-refractivity contribution is 5.69. The van der Waals surface area contributed by atoms with Crippen LogP contribution in [0.15, 0.2) is 18.2 Å². The van der Waals surface area contributed by atoms with Crippen molar-refractivity contribution in [2.45, 2.75) is 19.9 Å². The van der Waals surface area contributed by atoms with Crippen molar-refractivity contribution in [2.24, 2.45) is 5.84 Å². The van der Waals surface area contributed by atoms with Gasteiger partial charge < -0.3 is 4.84 Å². The fourth-order valence-corrected chi connectivity index (χ4v) is 1.44. The summed E-state index contributed by atoms with van der Waals surface area (Å²) in [5, 5.41) is 0. The Labute approximate surface area is 101 Å². The lowest BCUT2D eigenvalue weighted by atomic mass is 10.3. The van der Waals surface area contributed by atoms with Crippen LogP contribution in [0.2, 0.25) is 0 Å². The van der Waals surface area contributed by atoms with Crippen LogP contribution in [0, 0.1) is 6.92 Å². The summed E-state index contributed by atoms with van der Waals surface area (Å²) in [5.41, 5.74) is 3.84. The molecule has 0 unspecified atom stereocenters. The summed E-state index contributed by atoms with van der Waals surface area (Å²) >= 11 is 0. The molecular weight excluding hydrogens is 220 g/mol. The zero-order valence-corrected chi connectivity index (χ0v) is 10.1. The number of hydrogen-bond donors (Lipinski definition) is 2. The van der Waals surface area contributed by atoms with E-state index in [9.17, 15) is 4.79 Å². The van der Waals surface area contributed by atoms with E-state index < -0.39 is 0 Å². The minimum atomic E-state index is -0.378. The molecule has 94 valence electrons. The number of aryl methyl sites for hydroxylation is 1. The van der Waals surface area contributed by atoms with E-state index >= 15 is 0 Å². The van der Waals surface area contributed by atoms with Crippen molar-refractivity contribution in [1.82, 2.24) is 15.5 Å². The van der Waals surface area contributed by atoms with E-state index in [1.165, 1.54) is 0 Å². The zero-order chi connectivity index (χ0) is 12.7. The predicted molar refractivity (Wildman–Crippen MR) is 63.3 cm³/mol.